The first-order valence-corrected chi connectivity index (χ1v) is 12.9. The number of rotatable bonds is 6. The number of anilines is 2. The molecule has 5 heterocycles. The van der Waals surface area contributed by atoms with E-state index in [0.29, 0.717) is 68.4 Å². The van der Waals surface area contributed by atoms with Crippen LogP contribution < -0.4 is 16.0 Å². The second-order valence-corrected chi connectivity index (χ2v) is 9.93. The number of aromatic nitrogens is 3. The van der Waals surface area contributed by atoms with E-state index in [0.717, 1.165) is 24.1 Å². The van der Waals surface area contributed by atoms with Crippen molar-refractivity contribution < 1.29 is 19.1 Å². The first kappa shape index (κ1) is 24.3. The van der Waals surface area contributed by atoms with Crippen molar-refractivity contribution in [1.82, 2.24) is 24.4 Å². The standard InChI is InChI=1S/C26H30N8O4/c27-23(35)16-31-6-8-32(9-7-31)22-13-19-17(15-33(26(19)37)18-2-10-38-11-3-18)12-21(22)30-25(36)20-14-29-34-5-1-4-28-24(20)34/h1,4-5,12-14,18H,2-3,6-11,15-16H2,(H2,27,35)(H,30,36). The number of amides is 3. The second-order valence-electron chi connectivity index (χ2n) is 9.93. The maximum Gasteiger partial charge on any atom is 0.261 e. The number of benzene rings is 1. The molecule has 0 atom stereocenters. The van der Waals surface area contributed by atoms with Crippen molar-refractivity contribution in [2.75, 3.05) is 56.2 Å². The van der Waals surface area contributed by atoms with Crippen LogP contribution in [-0.4, -0.2) is 94.1 Å². The Hall–Kier alpha value is -4.03. The Bertz CT molecular complexity index is 1390. The molecule has 2 aromatic heterocycles. The zero-order valence-electron chi connectivity index (χ0n) is 21.0. The molecule has 12 nitrogen and oxygen atoms in total. The number of piperazine rings is 1. The minimum atomic E-state index is -0.357. The molecule has 0 spiro atoms. The number of fused-ring (bicyclic) bond motifs is 2. The van der Waals surface area contributed by atoms with E-state index in [1.807, 2.05) is 21.9 Å². The zero-order chi connectivity index (χ0) is 26.2. The third-order valence-corrected chi connectivity index (χ3v) is 7.55. The summed E-state index contributed by atoms with van der Waals surface area (Å²) in [4.78, 5) is 48.6. The topological polar surface area (TPSA) is 138 Å². The van der Waals surface area contributed by atoms with Crippen LogP contribution in [0.25, 0.3) is 5.65 Å². The molecule has 0 saturated carbocycles. The molecule has 3 N–H and O–H groups in total. The fourth-order valence-electron chi connectivity index (χ4n) is 5.57. The van der Waals surface area contributed by atoms with Crippen molar-refractivity contribution in [3.05, 3.63) is 53.5 Å². The minimum Gasteiger partial charge on any atom is -0.381 e. The third-order valence-electron chi connectivity index (χ3n) is 7.55. The number of nitrogens with two attached hydrogens (primary N) is 1. The quantitative estimate of drug-likeness (QED) is 0.487. The van der Waals surface area contributed by atoms with Crippen LogP contribution in [0.3, 0.4) is 0 Å². The van der Waals surface area contributed by atoms with Crippen LogP contribution in [0.1, 0.15) is 39.1 Å². The lowest BCUT2D eigenvalue weighted by molar-refractivity contribution is -0.119. The summed E-state index contributed by atoms with van der Waals surface area (Å²) < 4.78 is 7.05. The smallest absolute Gasteiger partial charge is 0.261 e. The predicted octanol–water partition coefficient (Wildman–Crippen LogP) is 0.724. The maximum absolute atomic E-state index is 13.5. The van der Waals surface area contributed by atoms with Gasteiger partial charge in [-0.25, -0.2) is 9.50 Å². The van der Waals surface area contributed by atoms with Gasteiger partial charge in [-0.2, -0.15) is 5.10 Å². The first-order chi connectivity index (χ1) is 18.5. The highest BCUT2D eigenvalue weighted by molar-refractivity contribution is 6.10. The predicted molar refractivity (Wildman–Crippen MR) is 139 cm³/mol. The highest BCUT2D eigenvalue weighted by atomic mass is 16.5. The molecule has 3 aromatic rings. The summed E-state index contributed by atoms with van der Waals surface area (Å²) in [5.74, 6) is -0.659. The summed E-state index contributed by atoms with van der Waals surface area (Å²) in [5.41, 5.74) is 9.19. The molecule has 0 aliphatic carbocycles. The van der Waals surface area contributed by atoms with Crippen LogP contribution in [0.15, 0.2) is 36.8 Å². The number of hydrogen-bond acceptors (Lipinski definition) is 8. The van der Waals surface area contributed by atoms with Gasteiger partial charge >= 0.3 is 0 Å². The van der Waals surface area contributed by atoms with E-state index in [9.17, 15) is 14.4 Å². The van der Waals surface area contributed by atoms with Gasteiger partial charge in [-0.05, 0) is 36.6 Å². The SMILES string of the molecule is NC(=O)CN1CCN(c2cc3c(cc2NC(=O)c2cnn4cccnc24)CN(C2CCOCC2)C3=O)CC1. The van der Waals surface area contributed by atoms with Crippen LogP contribution in [-0.2, 0) is 16.1 Å². The van der Waals surface area contributed by atoms with E-state index in [1.165, 1.54) is 6.20 Å². The van der Waals surface area contributed by atoms with Gasteiger partial charge < -0.3 is 25.6 Å². The molecular weight excluding hydrogens is 488 g/mol. The molecule has 1 aromatic carbocycles. The highest BCUT2D eigenvalue weighted by Crippen LogP contribution is 2.37. The molecule has 0 radical (unpaired) electrons. The Morgan fingerprint density at radius 3 is 2.68 bits per heavy atom. The van der Waals surface area contributed by atoms with Crippen LogP contribution in [0.4, 0.5) is 11.4 Å². The third kappa shape index (κ3) is 4.56. The van der Waals surface area contributed by atoms with Gasteiger partial charge in [0.15, 0.2) is 5.65 Å². The van der Waals surface area contributed by atoms with E-state index < -0.39 is 0 Å². The lowest BCUT2D eigenvalue weighted by Crippen LogP contribution is -2.49. The average Bonchev–Trinajstić information content (AvgIpc) is 3.50. The molecule has 0 bridgehead atoms. The van der Waals surface area contributed by atoms with Crippen LogP contribution in [0.5, 0.6) is 0 Å². The molecule has 12 heteroatoms. The molecular formula is C26H30N8O4. The van der Waals surface area contributed by atoms with Gasteiger partial charge in [0.1, 0.15) is 5.56 Å². The van der Waals surface area contributed by atoms with Gasteiger partial charge in [-0.3, -0.25) is 19.3 Å². The van der Waals surface area contributed by atoms with Gasteiger partial charge in [0.05, 0.1) is 24.1 Å². The first-order valence-electron chi connectivity index (χ1n) is 12.9. The van der Waals surface area contributed by atoms with Crippen LogP contribution in [0, 0.1) is 0 Å². The van der Waals surface area contributed by atoms with Gasteiger partial charge in [0.25, 0.3) is 11.8 Å². The van der Waals surface area contributed by atoms with Crippen molar-refractivity contribution in [2.24, 2.45) is 5.73 Å². The number of ether oxygens (including phenoxy) is 1. The number of carbonyl (C=O) groups is 3. The average molecular weight is 519 g/mol. The van der Waals surface area contributed by atoms with Gasteiger partial charge in [0, 0.05) is 69.9 Å². The van der Waals surface area contributed by atoms with Crippen molar-refractivity contribution in [2.45, 2.75) is 25.4 Å². The van der Waals surface area contributed by atoms with Gasteiger partial charge in [-0.1, -0.05) is 0 Å². The summed E-state index contributed by atoms with van der Waals surface area (Å²) in [7, 11) is 0. The fraction of sp³-hybridized carbons (Fsp3) is 0.423. The van der Waals surface area contributed by atoms with Crippen LogP contribution in [0.2, 0.25) is 0 Å². The Kier molecular flexibility index (Phi) is 6.42. The summed E-state index contributed by atoms with van der Waals surface area (Å²) in [5, 5.41) is 7.31. The van der Waals surface area contributed by atoms with Gasteiger partial charge in [-0.15, -0.1) is 0 Å². The molecule has 2 fully saturated rings. The fourth-order valence-corrected chi connectivity index (χ4v) is 5.57. The largest absolute Gasteiger partial charge is 0.381 e. The Morgan fingerprint density at radius 2 is 1.92 bits per heavy atom. The molecule has 0 unspecified atom stereocenters. The van der Waals surface area contributed by atoms with E-state index >= 15 is 0 Å². The summed E-state index contributed by atoms with van der Waals surface area (Å²) in [6.07, 6.45) is 6.50. The van der Waals surface area contributed by atoms with E-state index in [2.05, 4.69) is 20.3 Å². The number of nitrogens with zero attached hydrogens (tertiary/aromatic N) is 6. The van der Waals surface area contributed by atoms with Crippen LogP contribution >= 0.6 is 0 Å². The lowest BCUT2D eigenvalue weighted by Gasteiger charge is -2.36. The second kappa shape index (κ2) is 10.0. The molecule has 6 rings (SSSR count). The van der Waals surface area contributed by atoms with Crippen molar-refractivity contribution >= 4 is 34.7 Å². The molecule has 38 heavy (non-hydrogen) atoms. The Labute approximate surface area is 219 Å². The summed E-state index contributed by atoms with van der Waals surface area (Å²) in [6.45, 7) is 4.58. The highest BCUT2D eigenvalue weighted by Gasteiger charge is 2.35. The van der Waals surface area contributed by atoms with E-state index in [4.69, 9.17) is 10.5 Å². The van der Waals surface area contributed by atoms with E-state index in [1.54, 1.807) is 23.0 Å². The summed E-state index contributed by atoms with van der Waals surface area (Å²) in [6, 6.07) is 5.73. The zero-order valence-corrected chi connectivity index (χ0v) is 21.0. The number of hydrogen-bond donors (Lipinski definition) is 2. The molecule has 2 saturated heterocycles. The minimum absolute atomic E-state index is 0.0187. The van der Waals surface area contributed by atoms with Crippen molar-refractivity contribution in [3.8, 4) is 0 Å². The lowest BCUT2D eigenvalue weighted by atomic mass is 10.1. The molecule has 198 valence electrons. The number of carbonyl (C=O) groups excluding carboxylic acids is 3. The normalized spacial score (nSPS) is 18.7. The van der Waals surface area contributed by atoms with E-state index in [-0.39, 0.29) is 30.3 Å². The number of primary amides is 1. The van der Waals surface area contributed by atoms with Crippen molar-refractivity contribution in [3.63, 3.8) is 0 Å². The Balaban J connectivity index is 1.31. The summed E-state index contributed by atoms with van der Waals surface area (Å²) >= 11 is 0. The maximum atomic E-state index is 13.5. The van der Waals surface area contributed by atoms with Gasteiger partial charge in [0.2, 0.25) is 5.91 Å². The van der Waals surface area contributed by atoms with Crippen molar-refractivity contribution in [1.29, 1.82) is 0 Å². The Morgan fingerprint density at radius 1 is 1.13 bits per heavy atom. The molecule has 3 aliphatic rings. The molecule has 3 aliphatic heterocycles. The number of nitrogens with one attached hydrogen (secondary N) is 1. The monoisotopic (exact) mass is 518 g/mol. The molecule has 3 amide bonds.